The molecule has 4 heterocycles. The minimum absolute atomic E-state index is 0.00682. The second kappa shape index (κ2) is 8.93. The number of rotatable bonds is 4. The molecule has 0 aliphatic carbocycles. The van der Waals surface area contributed by atoms with Crippen LogP contribution in [0.5, 0.6) is 11.5 Å². The summed E-state index contributed by atoms with van der Waals surface area (Å²) in [6.07, 6.45) is 5.89. The summed E-state index contributed by atoms with van der Waals surface area (Å²) >= 11 is 6.15. The molecule has 5 rings (SSSR count). The normalized spacial score (nSPS) is 21.5. The van der Waals surface area contributed by atoms with Crippen LogP contribution in [0.1, 0.15) is 19.3 Å². The lowest BCUT2D eigenvalue weighted by Crippen LogP contribution is -2.38. The van der Waals surface area contributed by atoms with Gasteiger partial charge in [0.1, 0.15) is 24.2 Å². The fraction of sp³-hybridized carbons (Fsp3) is 0.478. The van der Waals surface area contributed by atoms with E-state index >= 15 is 0 Å². The van der Waals surface area contributed by atoms with E-state index in [0.717, 1.165) is 48.7 Å². The SMILES string of the molecule is O=C(C1CCOCC1)N1CCC(Oc2ccc3c(c2)N(c2cncc(Cl)c2)CCO3)C1. The highest BCUT2D eigenvalue weighted by Gasteiger charge is 2.33. The van der Waals surface area contributed by atoms with Crippen molar-refractivity contribution >= 4 is 28.9 Å². The molecule has 0 radical (unpaired) electrons. The number of pyridine rings is 1. The van der Waals surface area contributed by atoms with Crippen LogP contribution in [0.15, 0.2) is 36.7 Å². The zero-order valence-corrected chi connectivity index (χ0v) is 18.1. The van der Waals surface area contributed by atoms with Crippen LogP contribution in [0, 0.1) is 5.92 Å². The minimum atomic E-state index is -0.00682. The van der Waals surface area contributed by atoms with E-state index in [1.807, 2.05) is 29.2 Å². The van der Waals surface area contributed by atoms with Crippen molar-refractivity contribution in [3.05, 3.63) is 41.7 Å². The predicted molar refractivity (Wildman–Crippen MR) is 117 cm³/mol. The third kappa shape index (κ3) is 4.43. The Balaban J connectivity index is 1.28. The first-order valence-corrected chi connectivity index (χ1v) is 11.2. The van der Waals surface area contributed by atoms with Crippen molar-refractivity contribution in [1.82, 2.24) is 9.88 Å². The number of fused-ring (bicyclic) bond motifs is 1. The first kappa shape index (κ1) is 20.4. The molecule has 8 heteroatoms. The van der Waals surface area contributed by atoms with Gasteiger partial charge in [-0.2, -0.15) is 0 Å². The maximum atomic E-state index is 12.8. The quantitative estimate of drug-likeness (QED) is 0.718. The van der Waals surface area contributed by atoms with Gasteiger partial charge in [0.05, 0.1) is 35.7 Å². The van der Waals surface area contributed by atoms with Crippen molar-refractivity contribution < 1.29 is 19.0 Å². The lowest BCUT2D eigenvalue weighted by molar-refractivity contribution is -0.137. The molecule has 2 aromatic rings. The van der Waals surface area contributed by atoms with Gasteiger partial charge in [0.15, 0.2) is 0 Å². The Bertz CT molecular complexity index is 950. The van der Waals surface area contributed by atoms with Crippen molar-refractivity contribution in [3.63, 3.8) is 0 Å². The van der Waals surface area contributed by atoms with Crippen LogP contribution in [0.4, 0.5) is 11.4 Å². The molecule has 0 saturated carbocycles. The number of benzene rings is 1. The number of ether oxygens (including phenoxy) is 3. The van der Waals surface area contributed by atoms with E-state index in [-0.39, 0.29) is 17.9 Å². The molecule has 1 aromatic heterocycles. The molecule has 1 unspecified atom stereocenters. The Labute approximate surface area is 186 Å². The highest BCUT2D eigenvalue weighted by atomic mass is 35.5. The summed E-state index contributed by atoms with van der Waals surface area (Å²) in [6.45, 7) is 4.03. The number of amides is 1. The van der Waals surface area contributed by atoms with Crippen LogP contribution in [-0.4, -0.2) is 61.3 Å². The van der Waals surface area contributed by atoms with Gasteiger partial charge in [0.25, 0.3) is 0 Å². The van der Waals surface area contributed by atoms with E-state index < -0.39 is 0 Å². The molecule has 7 nitrogen and oxygen atoms in total. The molecule has 1 amide bonds. The van der Waals surface area contributed by atoms with Gasteiger partial charge in [0, 0.05) is 44.4 Å². The summed E-state index contributed by atoms with van der Waals surface area (Å²) in [7, 11) is 0. The summed E-state index contributed by atoms with van der Waals surface area (Å²) in [5.74, 6) is 1.91. The van der Waals surface area contributed by atoms with Gasteiger partial charge in [0.2, 0.25) is 5.91 Å². The number of hydrogen-bond acceptors (Lipinski definition) is 6. The van der Waals surface area contributed by atoms with Crippen molar-refractivity contribution in [2.75, 3.05) is 44.4 Å². The minimum Gasteiger partial charge on any atom is -0.490 e. The van der Waals surface area contributed by atoms with Crippen molar-refractivity contribution in [1.29, 1.82) is 0 Å². The topological polar surface area (TPSA) is 64.1 Å². The summed E-state index contributed by atoms with van der Waals surface area (Å²) in [6, 6.07) is 7.77. The molecule has 3 aliphatic rings. The zero-order chi connectivity index (χ0) is 21.2. The Kier molecular flexibility index (Phi) is 5.87. The second-order valence-electron chi connectivity index (χ2n) is 8.19. The molecule has 0 bridgehead atoms. The van der Waals surface area contributed by atoms with Crippen LogP contribution in [0.25, 0.3) is 0 Å². The van der Waals surface area contributed by atoms with Crippen molar-refractivity contribution in [2.24, 2.45) is 5.92 Å². The number of carbonyl (C=O) groups is 1. The summed E-state index contributed by atoms with van der Waals surface area (Å²) in [5.41, 5.74) is 1.85. The van der Waals surface area contributed by atoms with Crippen molar-refractivity contribution in [2.45, 2.75) is 25.4 Å². The van der Waals surface area contributed by atoms with Gasteiger partial charge in [-0.05, 0) is 31.0 Å². The van der Waals surface area contributed by atoms with E-state index in [2.05, 4.69) is 9.88 Å². The van der Waals surface area contributed by atoms with E-state index in [0.29, 0.717) is 37.9 Å². The molecule has 0 spiro atoms. The fourth-order valence-electron chi connectivity index (χ4n) is 4.51. The zero-order valence-electron chi connectivity index (χ0n) is 17.3. The number of anilines is 2. The van der Waals surface area contributed by atoms with Crippen LogP contribution < -0.4 is 14.4 Å². The number of likely N-dealkylation sites (tertiary alicyclic amines) is 1. The molecule has 2 saturated heterocycles. The summed E-state index contributed by atoms with van der Waals surface area (Å²) in [5, 5.41) is 0.596. The number of hydrogen-bond donors (Lipinski definition) is 0. The smallest absolute Gasteiger partial charge is 0.225 e. The molecule has 0 N–H and O–H groups in total. The Morgan fingerprint density at radius 3 is 2.81 bits per heavy atom. The van der Waals surface area contributed by atoms with Crippen LogP contribution in [0.2, 0.25) is 5.02 Å². The average molecular weight is 444 g/mol. The Morgan fingerprint density at radius 1 is 1.10 bits per heavy atom. The standard InChI is InChI=1S/C23H26ClN3O4/c24-17-11-18(14-25-13-17)27-7-10-30-22-2-1-19(12-21(22)27)31-20-3-6-26(15-20)23(28)16-4-8-29-9-5-16/h1-2,11-14,16,20H,3-10,15H2. The van der Waals surface area contributed by atoms with E-state index in [9.17, 15) is 4.79 Å². The molecule has 2 fully saturated rings. The number of aromatic nitrogens is 1. The number of nitrogens with zero attached hydrogens (tertiary/aromatic N) is 3. The second-order valence-corrected chi connectivity index (χ2v) is 8.63. The first-order valence-electron chi connectivity index (χ1n) is 10.9. The summed E-state index contributed by atoms with van der Waals surface area (Å²) < 4.78 is 17.5. The molecule has 1 aromatic carbocycles. The van der Waals surface area contributed by atoms with Crippen LogP contribution in [-0.2, 0) is 9.53 Å². The first-order chi connectivity index (χ1) is 15.2. The molecule has 1 atom stereocenters. The lowest BCUT2D eigenvalue weighted by atomic mass is 9.99. The highest BCUT2D eigenvalue weighted by Crippen LogP contribution is 2.39. The third-order valence-electron chi connectivity index (χ3n) is 6.13. The lowest BCUT2D eigenvalue weighted by Gasteiger charge is -2.31. The fourth-order valence-corrected chi connectivity index (χ4v) is 4.68. The van der Waals surface area contributed by atoms with Crippen molar-refractivity contribution in [3.8, 4) is 11.5 Å². The molecule has 164 valence electrons. The van der Waals surface area contributed by atoms with Gasteiger partial charge < -0.3 is 24.0 Å². The molecular formula is C23H26ClN3O4. The van der Waals surface area contributed by atoms with Gasteiger partial charge in [-0.15, -0.1) is 0 Å². The largest absolute Gasteiger partial charge is 0.490 e. The van der Waals surface area contributed by atoms with Gasteiger partial charge in [-0.1, -0.05) is 11.6 Å². The molecular weight excluding hydrogens is 418 g/mol. The predicted octanol–water partition coefficient (Wildman–Crippen LogP) is 3.67. The Morgan fingerprint density at radius 2 is 1.97 bits per heavy atom. The monoisotopic (exact) mass is 443 g/mol. The van der Waals surface area contributed by atoms with E-state index in [1.54, 1.807) is 12.4 Å². The van der Waals surface area contributed by atoms with Gasteiger partial charge in [-0.3, -0.25) is 9.78 Å². The van der Waals surface area contributed by atoms with Crippen LogP contribution in [0.3, 0.4) is 0 Å². The maximum absolute atomic E-state index is 12.8. The van der Waals surface area contributed by atoms with Crippen LogP contribution >= 0.6 is 11.6 Å². The third-order valence-corrected chi connectivity index (χ3v) is 6.33. The molecule has 3 aliphatic heterocycles. The Hall–Kier alpha value is -2.51. The van der Waals surface area contributed by atoms with E-state index in [4.69, 9.17) is 25.8 Å². The number of carbonyl (C=O) groups excluding carboxylic acids is 1. The summed E-state index contributed by atoms with van der Waals surface area (Å²) in [4.78, 5) is 21.1. The molecule has 31 heavy (non-hydrogen) atoms. The van der Waals surface area contributed by atoms with Gasteiger partial charge in [-0.25, -0.2) is 0 Å². The highest BCUT2D eigenvalue weighted by molar-refractivity contribution is 6.30. The maximum Gasteiger partial charge on any atom is 0.225 e. The number of halogens is 1. The average Bonchev–Trinajstić information content (AvgIpc) is 3.27. The van der Waals surface area contributed by atoms with Gasteiger partial charge >= 0.3 is 0 Å². The van der Waals surface area contributed by atoms with E-state index in [1.165, 1.54) is 0 Å².